The van der Waals surface area contributed by atoms with Gasteiger partial charge < -0.3 is 10.2 Å². The average molecular weight is 421 g/mol. The summed E-state index contributed by atoms with van der Waals surface area (Å²) in [4.78, 5) is 22.3. The highest BCUT2D eigenvalue weighted by atomic mass is 32.1. The first-order valence-corrected chi connectivity index (χ1v) is 11.8. The van der Waals surface area contributed by atoms with Crippen LogP contribution in [0.5, 0.6) is 0 Å². The van der Waals surface area contributed by atoms with Gasteiger partial charge in [0.15, 0.2) is 0 Å². The zero-order chi connectivity index (χ0) is 20.3. The van der Waals surface area contributed by atoms with Crippen LogP contribution in [-0.4, -0.2) is 42.0 Å². The van der Waals surface area contributed by atoms with Crippen molar-refractivity contribution < 1.29 is 4.79 Å². The molecule has 1 amide bonds. The standard InChI is InChI=1S/C24H28N4OS/c29-23(25-18-10-12-19(13-11-18)27-14-4-1-5-15-27)17-28-16-6-8-21(28)24-26-20-7-2-3-9-22(20)30-24/h2-3,7,9-13,21H,1,4-6,8,14-17H2,(H,25,29)/t21-/m1/s1. The third-order valence-corrected chi connectivity index (χ3v) is 7.32. The molecule has 0 bridgehead atoms. The lowest BCUT2D eigenvalue weighted by Crippen LogP contribution is -2.33. The summed E-state index contributed by atoms with van der Waals surface area (Å²) in [5, 5.41) is 4.21. The molecule has 2 aromatic carbocycles. The maximum absolute atomic E-state index is 12.7. The number of fused-ring (bicyclic) bond motifs is 1. The van der Waals surface area contributed by atoms with E-state index in [0.29, 0.717) is 6.54 Å². The van der Waals surface area contributed by atoms with Gasteiger partial charge >= 0.3 is 0 Å². The highest BCUT2D eigenvalue weighted by Gasteiger charge is 2.30. The van der Waals surface area contributed by atoms with Gasteiger partial charge in [-0.3, -0.25) is 9.69 Å². The molecule has 5 rings (SSSR count). The number of aromatic nitrogens is 1. The topological polar surface area (TPSA) is 48.5 Å². The van der Waals surface area contributed by atoms with Crippen molar-refractivity contribution >= 4 is 38.8 Å². The lowest BCUT2D eigenvalue weighted by molar-refractivity contribution is -0.117. The Morgan fingerprint density at radius 1 is 1.00 bits per heavy atom. The van der Waals surface area contributed by atoms with E-state index in [9.17, 15) is 4.79 Å². The number of piperidine rings is 1. The summed E-state index contributed by atoms with van der Waals surface area (Å²) in [5.74, 6) is 0.0498. The minimum Gasteiger partial charge on any atom is -0.372 e. The summed E-state index contributed by atoms with van der Waals surface area (Å²) in [6.45, 7) is 3.62. The number of hydrogen-bond donors (Lipinski definition) is 1. The number of nitrogens with one attached hydrogen (secondary N) is 1. The smallest absolute Gasteiger partial charge is 0.238 e. The molecule has 1 aromatic heterocycles. The number of likely N-dealkylation sites (tertiary alicyclic amines) is 1. The molecule has 3 aromatic rings. The zero-order valence-electron chi connectivity index (χ0n) is 17.2. The van der Waals surface area contributed by atoms with Crippen LogP contribution in [0.25, 0.3) is 10.2 Å². The van der Waals surface area contributed by atoms with Crippen LogP contribution in [0, 0.1) is 0 Å². The number of rotatable bonds is 5. The Kier molecular flexibility index (Phi) is 5.69. The van der Waals surface area contributed by atoms with Crippen LogP contribution in [0.2, 0.25) is 0 Å². The van der Waals surface area contributed by atoms with E-state index < -0.39 is 0 Å². The Balaban J connectivity index is 1.21. The third kappa shape index (κ3) is 4.20. The van der Waals surface area contributed by atoms with Gasteiger partial charge in [-0.15, -0.1) is 11.3 Å². The van der Waals surface area contributed by atoms with E-state index in [1.807, 2.05) is 18.2 Å². The molecule has 0 spiro atoms. The van der Waals surface area contributed by atoms with E-state index in [1.54, 1.807) is 11.3 Å². The Morgan fingerprint density at radius 3 is 2.60 bits per heavy atom. The number of benzene rings is 2. The van der Waals surface area contributed by atoms with E-state index in [2.05, 4.69) is 45.4 Å². The van der Waals surface area contributed by atoms with Gasteiger partial charge in [-0.1, -0.05) is 12.1 Å². The Hall–Kier alpha value is -2.44. The van der Waals surface area contributed by atoms with E-state index in [1.165, 1.54) is 29.6 Å². The minimum atomic E-state index is 0.0498. The van der Waals surface area contributed by atoms with Crippen molar-refractivity contribution in [2.24, 2.45) is 0 Å². The van der Waals surface area contributed by atoms with Crippen LogP contribution in [0.15, 0.2) is 48.5 Å². The number of para-hydroxylation sites is 1. The number of thiazole rings is 1. The van der Waals surface area contributed by atoms with Crippen molar-refractivity contribution in [2.45, 2.75) is 38.1 Å². The van der Waals surface area contributed by atoms with Gasteiger partial charge in [-0.25, -0.2) is 4.98 Å². The summed E-state index contributed by atoms with van der Waals surface area (Å²) in [7, 11) is 0. The molecule has 6 heteroatoms. The molecule has 1 N–H and O–H groups in total. The Bertz CT molecular complexity index is 976. The second kappa shape index (κ2) is 8.74. The first kappa shape index (κ1) is 19.5. The second-order valence-electron chi connectivity index (χ2n) is 8.29. The van der Waals surface area contributed by atoms with Gasteiger partial charge in [-0.2, -0.15) is 0 Å². The number of carbonyl (C=O) groups excluding carboxylic acids is 1. The molecule has 30 heavy (non-hydrogen) atoms. The van der Waals surface area contributed by atoms with Crippen molar-refractivity contribution in [3.63, 3.8) is 0 Å². The fourth-order valence-electron chi connectivity index (χ4n) is 4.62. The molecule has 1 atom stereocenters. The molecule has 0 radical (unpaired) electrons. The maximum Gasteiger partial charge on any atom is 0.238 e. The molecule has 3 heterocycles. The average Bonchev–Trinajstić information content (AvgIpc) is 3.41. The van der Waals surface area contributed by atoms with Crippen molar-refractivity contribution in [1.29, 1.82) is 0 Å². The van der Waals surface area contributed by atoms with Gasteiger partial charge in [0, 0.05) is 24.5 Å². The summed E-state index contributed by atoms with van der Waals surface area (Å²) < 4.78 is 1.22. The molecular weight excluding hydrogens is 392 g/mol. The molecule has 2 aliphatic heterocycles. The maximum atomic E-state index is 12.7. The summed E-state index contributed by atoms with van der Waals surface area (Å²) in [6, 6.07) is 16.8. The first-order valence-electron chi connectivity index (χ1n) is 11.0. The number of nitrogens with zero attached hydrogens (tertiary/aromatic N) is 3. The van der Waals surface area contributed by atoms with Crippen LogP contribution < -0.4 is 10.2 Å². The van der Waals surface area contributed by atoms with Gasteiger partial charge in [0.1, 0.15) is 5.01 Å². The minimum absolute atomic E-state index is 0.0498. The molecule has 2 aliphatic rings. The molecule has 0 saturated carbocycles. The van der Waals surface area contributed by atoms with E-state index in [0.717, 1.165) is 48.7 Å². The highest BCUT2D eigenvalue weighted by molar-refractivity contribution is 7.18. The number of amides is 1. The Labute approximate surface area is 181 Å². The second-order valence-corrected chi connectivity index (χ2v) is 9.35. The van der Waals surface area contributed by atoms with E-state index >= 15 is 0 Å². The quantitative estimate of drug-likeness (QED) is 0.627. The largest absolute Gasteiger partial charge is 0.372 e. The molecule has 2 saturated heterocycles. The van der Waals surface area contributed by atoms with Crippen LogP contribution >= 0.6 is 11.3 Å². The van der Waals surface area contributed by atoms with E-state index in [-0.39, 0.29) is 11.9 Å². The molecule has 5 nitrogen and oxygen atoms in total. The molecule has 156 valence electrons. The lowest BCUT2D eigenvalue weighted by atomic mass is 10.1. The monoisotopic (exact) mass is 420 g/mol. The number of hydrogen-bond acceptors (Lipinski definition) is 5. The summed E-state index contributed by atoms with van der Waals surface area (Å²) in [6.07, 6.45) is 6.05. The van der Waals surface area contributed by atoms with Gasteiger partial charge in [0.05, 0.1) is 22.8 Å². The third-order valence-electron chi connectivity index (χ3n) is 6.18. The number of carbonyl (C=O) groups is 1. The molecular formula is C24H28N4OS. The predicted molar refractivity (Wildman–Crippen MR) is 124 cm³/mol. The predicted octanol–water partition coefficient (Wildman–Crippen LogP) is 5.06. The fourth-order valence-corrected chi connectivity index (χ4v) is 5.76. The summed E-state index contributed by atoms with van der Waals surface area (Å²) in [5.41, 5.74) is 3.18. The lowest BCUT2D eigenvalue weighted by Gasteiger charge is -2.29. The van der Waals surface area contributed by atoms with Crippen molar-refractivity contribution in [3.8, 4) is 0 Å². The number of anilines is 2. The fraction of sp³-hybridized carbons (Fsp3) is 0.417. The van der Waals surface area contributed by atoms with Crippen LogP contribution in [0.1, 0.15) is 43.2 Å². The van der Waals surface area contributed by atoms with Crippen molar-refractivity contribution in [1.82, 2.24) is 9.88 Å². The SMILES string of the molecule is O=C(CN1CCC[C@@H]1c1nc2ccccc2s1)Nc1ccc(N2CCCCC2)cc1. The molecule has 0 unspecified atom stereocenters. The normalized spacial score (nSPS) is 20.0. The van der Waals surface area contributed by atoms with Gasteiger partial charge in [0.2, 0.25) is 5.91 Å². The van der Waals surface area contributed by atoms with Gasteiger partial charge in [-0.05, 0) is 75.0 Å². The van der Waals surface area contributed by atoms with Crippen molar-refractivity contribution in [3.05, 3.63) is 53.5 Å². The van der Waals surface area contributed by atoms with E-state index in [4.69, 9.17) is 4.98 Å². The van der Waals surface area contributed by atoms with Crippen LogP contribution in [0.4, 0.5) is 11.4 Å². The zero-order valence-corrected chi connectivity index (χ0v) is 18.0. The van der Waals surface area contributed by atoms with Gasteiger partial charge in [0.25, 0.3) is 0 Å². The van der Waals surface area contributed by atoms with Crippen LogP contribution in [0.3, 0.4) is 0 Å². The summed E-state index contributed by atoms with van der Waals surface area (Å²) >= 11 is 1.76. The molecule has 0 aliphatic carbocycles. The Morgan fingerprint density at radius 2 is 1.80 bits per heavy atom. The highest BCUT2D eigenvalue weighted by Crippen LogP contribution is 2.36. The first-order chi connectivity index (χ1) is 14.8. The van der Waals surface area contributed by atoms with Crippen molar-refractivity contribution in [2.75, 3.05) is 36.4 Å². The molecule has 2 fully saturated rings. The van der Waals surface area contributed by atoms with Crippen LogP contribution in [-0.2, 0) is 4.79 Å².